The number of rotatable bonds is 11. The van der Waals surface area contributed by atoms with E-state index in [-0.39, 0.29) is 58.8 Å². The van der Waals surface area contributed by atoms with Crippen LogP contribution in [0.15, 0.2) is 88.8 Å². The van der Waals surface area contributed by atoms with E-state index >= 15 is 0 Å². The number of amides is 2. The second-order valence-electron chi connectivity index (χ2n) is 15.0. The summed E-state index contributed by atoms with van der Waals surface area (Å²) < 4.78 is 25.9. The lowest BCUT2D eigenvalue weighted by molar-refractivity contribution is 0.00761. The Morgan fingerprint density at radius 2 is 1.57 bits per heavy atom. The zero-order valence-electron chi connectivity index (χ0n) is 32.0. The van der Waals surface area contributed by atoms with Gasteiger partial charge in [-0.1, -0.05) is 24.3 Å². The molecule has 5 atom stereocenters. The van der Waals surface area contributed by atoms with Crippen molar-refractivity contribution in [3.8, 4) is 17.4 Å². The molecule has 8 rings (SSSR count). The maximum Gasteiger partial charge on any atom is 0.328 e. The molecule has 0 radical (unpaired) electrons. The molecule has 1 aliphatic heterocycles. The molecule has 21 heteroatoms. The van der Waals surface area contributed by atoms with E-state index < -0.39 is 46.0 Å². The maximum atomic E-state index is 13.0. The summed E-state index contributed by atoms with van der Waals surface area (Å²) >= 11 is 0. The molecule has 1 aliphatic carbocycles. The number of carbonyl (C=O) groups is 1. The monoisotopic (exact) mass is 841 g/mol. The number of aliphatic hydroxyl groups is 2. The van der Waals surface area contributed by atoms with E-state index in [1.807, 2.05) is 4.90 Å². The van der Waals surface area contributed by atoms with Crippen LogP contribution >= 0.6 is 0 Å². The minimum absolute atomic E-state index is 0.0417. The Kier molecular flexibility index (Phi) is 10.6. The smallest absolute Gasteiger partial charge is 0.328 e. The largest absolute Gasteiger partial charge is 0.508 e. The average molecular weight is 842 g/mol. The summed E-state index contributed by atoms with van der Waals surface area (Å²) in [6.07, 6.45) is -0.765. The van der Waals surface area contributed by atoms with Crippen LogP contribution in [0.25, 0.3) is 11.2 Å². The first kappa shape index (κ1) is 40.1. The van der Waals surface area contributed by atoms with Crippen LogP contribution in [0.3, 0.4) is 0 Å². The van der Waals surface area contributed by atoms with Crippen molar-refractivity contribution in [1.82, 2.24) is 34.4 Å². The molecule has 2 fully saturated rings. The molecule has 2 aliphatic rings. The molecule has 0 spiro atoms. The second kappa shape index (κ2) is 15.8. The third-order valence-electron chi connectivity index (χ3n) is 11.1. The maximum absolute atomic E-state index is 13.0. The van der Waals surface area contributed by atoms with Crippen molar-refractivity contribution in [3.63, 3.8) is 0 Å². The molecule has 20 nitrogen and oxygen atoms in total. The molecule has 3 aromatic carbocycles. The van der Waals surface area contributed by atoms with E-state index in [0.29, 0.717) is 42.2 Å². The highest BCUT2D eigenvalue weighted by Crippen LogP contribution is 2.41. The molecule has 1 saturated carbocycles. The van der Waals surface area contributed by atoms with Crippen molar-refractivity contribution in [3.05, 3.63) is 106 Å². The van der Waals surface area contributed by atoms with E-state index in [1.165, 1.54) is 37.5 Å². The van der Waals surface area contributed by atoms with Crippen molar-refractivity contribution >= 4 is 44.7 Å². The summed E-state index contributed by atoms with van der Waals surface area (Å²) in [4.78, 5) is 44.5. The lowest BCUT2D eigenvalue weighted by atomic mass is 9.91. The lowest BCUT2D eigenvalue weighted by Crippen LogP contribution is -2.40. The zero-order valence-corrected chi connectivity index (χ0v) is 32.9. The third kappa shape index (κ3) is 7.89. The van der Waals surface area contributed by atoms with E-state index in [4.69, 9.17) is 15.1 Å². The van der Waals surface area contributed by atoms with E-state index in [0.717, 1.165) is 15.7 Å². The number of hydrogen-bond donors (Lipinski definition) is 10. The van der Waals surface area contributed by atoms with Crippen LogP contribution in [-0.4, -0.2) is 107 Å². The number of fused-ring (bicyclic) bond motifs is 1. The molecule has 0 bridgehead atoms. The highest BCUT2D eigenvalue weighted by Gasteiger charge is 2.46. The number of primary sulfonamides is 1. The predicted molar refractivity (Wildman–Crippen MR) is 219 cm³/mol. The second-order valence-corrected chi connectivity index (χ2v) is 16.6. The van der Waals surface area contributed by atoms with Crippen LogP contribution in [0.1, 0.15) is 47.7 Å². The summed E-state index contributed by atoms with van der Waals surface area (Å²) in [5.41, 5.74) is 2.33. The molecule has 2 amide bonds. The summed E-state index contributed by atoms with van der Waals surface area (Å²) in [6.45, 7) is 2.55. The SMILES string of the molecule is Cc1[nH]c(=O)n([C@H]2C[C@@H](n3cnc4c(NCC(c5ccc(O)cc5)c5ccc(O)cc5)nc(N5CC[C@@H](NC(=O)Nc6ccc(S(N)(=O)=O)cc6)C5)nc43)[C@H](O)[C@@H]2O)c1O. The fourth-order valence-corrected chi connectivity index (χ4v) is 8.49. The van der Waals surface area contributed by atoms with Gasteiger partial charge in [0.25, 0.3) is 0 Å². The first-order valence-electron chi connectivity index (χ1n) is 19.0. The van der Waals surface area contributed by atoms with E-state index in [9.17, 15) is 43.5 Å². The number of phenols is 2. The summed E-state index contributed by atoms with van der Waals surface area (Å²) in [7, 11) is -3.90. The van der Waals surface area contributed by atoms with Crippen LogP contribution < -0.4 is 31.7 Å². The molecule has 1 saturated heterocycles. The Labute approximate surface area is 342 Å². The fraction of sp³-hybridized carbons (Fsp3) is 0.308. The molecule has 4 heterocycles. The number of nitrogens with zero attached hydrogens (tertiary/aromatic N) is 6. The molecule has 0 unspecified atom stereocenters. The van der Waals surface area contributed by atoms with Crippen LogP contribution in [0.2, 0.25) is 0 Å². The van der Waals surface area contributed by atoms with Crippen molar-refractivity contribution < 1.29 is 38.7 Å². The Morgan fingerprint density at radius 3 is 2.17 bits per heavy atom. The minimum atomic E-state index is -3.90. The number of aromatic hydroxyl groups is 3. The van der Waals surface area contributed by atoms with Gasteiger partial charge in [0.2, 0.25) is 21.9 Å². The standard InChI is InChI=1S/C39H43N11O9S/c1-20-36(55)50(39(57)43-20)30-16-29(32(53)33(30)54)49-19-42-31-34(41-17-28(21-2-8-25(51)9-3-21)22-4-10-26(52)11-5-22)46-37(47-35(31)49)48-15-14-24(18-48)45-38(56)44-23-6-12-27(13-7-23)60(40,58)59/h2-13,19,24,28-30,32-33,51-55H,14-18H2,1H3,(H,43,57)(H2,40,58,59)(H,41,46,47)(H2,44,45,56)/t24-,29-,30+,32+,33-/m1/s1. The van der Waals surface area contributed by atoms with Gasteiger partial charge in [0.05, 0.1) is 29.0 Å². The first-order chi connectivity index (χ1) is 28.6. The number of aromatic amines is 1. The highest BCUT2D eigenvalue weighted by atomic mass is 32.2. The van der Waals surface area contributed by atoms with Crippen LogP contribution in [0.4, 0.5) is 22.2 Å². The lowest BCUT2D eigenvalue weighted by Gasteiger charge is -2.22. The van der Waals surface area contributed by atoms with E-state index in [1.54, 1.807) is 53.1 Å². The third-order valence-corrected chi connectivity index (χ3v) is 12.0. The highest BCUT2D eigenvalue weighted by molar-refractivity contribution is 7.89. The number of sulfonamides is 1. The first-order valence-corrected chi connectivity index (χ1v) is 20.6. The van der Waals surface area contributed by atoms with Gasteiger partial charge in [0.1, 0.15) is 23.7 Å². The quantitative estimate of drug-likeness (QED) is 0.0892. The number of hydrogen-bond acceptors (Lipinski definition) is 14. The Morgan fingerprint density at radius 1 is 0.933 bits per heavy atom. The van der Waals surface area contributed by atoms with Gasteiger partial charge in [0.15, 0.2) is 17.0 Å². The van der Waals surface area contributed by atoms with Gasteiger partial charge in [-0.15, -0.1) is 0 Å². The van der Waals surface area contributed by atoms with Crippen LogP contribution in [-0.2, 0) is 10.0 Å². The summed E-state index contributed by atoms with van der Waals surface area (Å²) in [5, 5.41) is 67.5. The van der Waals surface area contributed by atoms with Gasteiger partial charge in [-0.05, 0) is 79.4 Å². The molecule has 6 aromatic rings. The normalized spacial score (nSPS) is 20.6. The number of aromatic nitrogens is 6. The molecular weight excluding hydrogens is 799 g/mol. The van der Waals surface area contributed by atoms with E-state index in [2.05, 4.69) is 25.9 Å². The molecular formula is C39H43N11O9S. The predicted octanol–water partition coefficient (Wildman–Crippen LogP) is 1.94. The van der Waals surface area contributed by atoms with Gasteiger partial charge in [-0.25, -0.2) is 28.1 Å². The van der Waals surface area contributed by atoms with Crippen molar-refractivity contribution in [2.24, 2.45) is 5.14 Å². The molecule has 60 heavy (non-hydrogen) atoms. The van der Waals surface area contributed by atoms with Gasteiger partial charge in [-0.2, -0.15) is 9.97 Å². The van der Waals surface area contributed by atoms with Gasteiger partial charge < -0.3 is 55.9 Å². The fourth-order valence-electron chi connectivity index (χ4n) is 7.97. The average Bonchev–Trinajstić information content (AvgIpc) is 3.98. The number of aliphatic hydroxyl groups excluding tert-OH is 2. The Hall–Kier alpha value is -6.68. The summed E-state index contributed by atoms with van der Waals surface area (Å²) in [6, 6.07) is 16.3. The number of nitrogens with one attached hydrogen (secondary N) is 4. The molecule has 314 valence electrons. The number of urea groups is 1. The Bertz CT molecular complexity index is 2660. The van der Waals surface area contributed by atoms with Crippen molar-refractivity contribution in [2.75, 3.05) is 35.2 Å². The zero-order chi connectivity index (χ0) is 42.5. The number of aryl methyl sites for hydroxylation is 1. The van der Waals surface area contributed by atoms with Gasteiger partial charge >= 0.3 is 11.7 Å². The van der Waals surface area contributed by atoms with Crippen molar-refractivity contribution in [2.45, 2.75) is 60.9 Å². The van der Waals surface area contributed by atoms with Gasteiger partial charge in [-0.3, -0.25) is 4.57 Å². The van der Waals surface area contributed by atoms with Crippen LogP contribution in [0.5, 0.6) is 17.4 Å². The number of nitrogens with two attached hydrogens (primary N) is 1. The molecule has 11 N–H and O–H groups in total. The minimum Gasteiger partial charge on any atom is -0.508 e. The molecule has 3 aromatic heterocycles. The number of H-pyrrole nitrogens is 1. The summed E-state index contributed by atoms with van der Waals surface area (Å²) in [5.74, 6) is 0.193. The number of anilines is 3. The van der Waals surface area contributed by atoms with Crippen molar-refractivity contribution in [1.29, 1.82) is 0 Å². The Balaban J connectivity index is 1.10. The topological polar surface area (TPSA) is 299 Å². The van der Waals surface area contributed by atoms with Crippen LogP contribution in [0, 0.1) is 6.92 Å². The van der Waals surface area contributed by atoms with Gasteiger partial charge in [0, 0.05) is 37.3 Å². The number of phenolic OH excluding ortho intramolecular Hbond substituents is 2. The number of carbonyl (C=O) groups excluding carboxylic acids is 1. The number of benzene rings is 3. The number of imidazole rings is 2.